The number of amides is 1. The lowest BCUT2D eigenvalue weighted by Gasteiger charge is -2.33. The van der Waals surface area contributed by atoms with Gasteiger partial charge in [0, 0.05) is 37.8 Å². The van der Waals surface area contributed by atoms with Gasteiger partial charge >= 0.3 is 0 Å². The highest BCUT2D eigenvalue weighted by molar-refractivity contribution is 5.95. The summed E-state index contributed by atoms with van der Waals surface area (Å²) in [5.74, 6) is 1.94. The molecule has 0 bridgehead atoms. The van der Waals surface area contributed by atoms with Gasteiger partial charge in [-0.15, -0.1) is 0 Å². The minimum absolute atomic E-state index is 0.0401. The molecular formula is C21H32N2O4. The third kappa shape index (κ3) is 5.59. The molecule has 2 saturated heterocycles. The summed E-state index contributed by atoms with van der Waals surface area (Å²) in [5, 5.41) is 3.18. The second-order valence-electron chi connectivity index (χ2n) is 7.31. The lowest BCUT2D eigenvalue weighted by Crippen LogP contribution is -2.45. The van der Waals surface area contributed by atoms with Gasteiger partial charge < -0.3 is 24.4 Å². The Morgan fingerprint density at radius 2 is 1.89 bits per heavy atom. The van der Waals surface area contributed by atoms with Crippen LogP contribution in [-0.4, -0.2) is 62.9 Å². The summed E-state index contributed by atoms with van der Waals surface area (Å²) in [6, 6.07) is 5.63. The van der Waals surface area contributed by atoms with E-state index in [-0.39, 0.29) is 11.9 Å². The summed E-state index contributed by atoms with van der Waals surface area (Å²) in [7, 11) is 0. The molecule has 0 aromatic heterocycles. The maximum Gasteiger partial charge on any atom is 0.251 e. The number of carbonyl (C=O) groups is 1. The van der Waals surface area contributed by atoms with Gasteiger partial charge in [0.1, 0.15) is 0 Å². The van der Waals surface area contributed by atoms with E-state index < -0.39 is 0 Å². The number of rotatable bonds is 8. The van der Waals surface area contributed by atoms with Crippen LogP contribution in [0, 0.1) is 5.92 Å². The number of hydrogen-bond acceptors (Lipinski definition) is 5. The van der Waals surface area contributed by atoms with Crippen LogP contribution in [0.1, 0.15) is 43.5 Å². The molecule has 3 rings (SSSR count). The normalized spacial score (nSPS) is 21.2. The Morgan fingerprint density at radius 3 is 2.56 bits per heavy atom. The van der Waals surface area contributed by atoms with Gasteiger partial charge in [-0.2, -0.15) is 0 Å². The quantitative estimate of drug-likeness (QED) is 0.756. The van der Waals surface area contributed by atoms with Gasteiger partial charge in [0.15, 0.2) is 11.5 Å². The zero-order valence-corrected chi connectivity index (χ0v) is 16.5. The van der Waals surface area contributed by atoms with E-state index >= 15 is 0 Å². The van der Waals surface area contributed by atoms with Crippen molar-refractivity contribution in [1.82, 2.24) is 10.2 Å². The monoisotopic (exact) mass is 376 g/mol. The molecule has 1 unspecified atom stereocenters. The second kappa shape index (κ2) is 9.95. The molecular weight excluding hydrogens is 344 g/mol. The predicted octanol–water partition coefficient (Wildman–Crippen LogP) is 2.71. The Labute approximate surface area is 162 Å². The Morgan fingerprint density at radius 1 is 1.15 bits per heavy atom. The Kier molecular flexibility index (Phi) is 7.35. The van der Waals surface area contributed by atoms with Crippen LogP contribution in [-0.2, 0) is 4.74 Å². The van der Waals surface area contributed by atoms with Crippen molar-refractivity contribution in [2.45, 2.75) is 39.2 Å². The topological polar surface area (TPSA) is 60.0 Å². The van der Waals surface area contributed by atoms with Crippen molar-refractivity contribution in [3.8, 4) is 11.5 Å². The van der Waals surface area contributed by atoms with E-state index in [9.17, 15) is 4.79 Å². The maximum atomic E-state index is 12.7. The van der Waals surface area contributed by atoms with Crippen LogP contribution in [0.5, 0.6) is 11.5 Å². The van der Waals surface area contributed by atoms with Crippen molar-refractivity contribution in [1.29, 1.82) is 0 Å². The van der Waals surface area contributed by atoms with Crippen LogP contribution in [0.15, 0.2) is 18.2 Å². The first-order valence-electron chi connectivity index (χ1n) is 10.2. The maximum absolute atomic E-state index is 12.7. The highest BCUT2D eigenvalue weighted by atomic mass is 16.5. The molecule has 2 heterocycles. The number of likely N-dealkylation sites (tertiary alicyclic amines) is 1. The van der Waals surface area contributed by atoms with Crippen LogP contribution >= 0.6 is 0 Å². The van der Waals surface area contributed by atoms with E-state index in [2.05, 4.69) is 10.2 Å². The zero-order valence-electron chi connectivity index (χ0n) is 16.5. The molecule has 0 aliphatic carbocycles. The number of piperidine rings is 1. The predicted molar refractivity (Wildman–Crippen MR) is 105 cm³/mol. The summed E-state index contributed by atoms with van der Waals surface area (Å²) in [6.45, 7) is 9.96. The number of carbonyl (C=O) groups excluding carboxylic acids is 1. The van der Waals surface area contributed by atoms with Crippen molar-refractivity contribution in [2.75, 3.05) is 46.1 Å². The molecule has 1 atom stereocenters. The van der Waals surface area contributed by atoms with Gasteiger partial charge in [0.25, 0.3) is 5.91 Å². The number of nitrogens with one attached hydrogen (secondary N) is 1. The highest BCUT2D eigenvalue weighted by Crippen LogP contribution is 2.28. The highest BCUT2D eigenvalue weighted by Gasteiger charge is 2.25. The molecule has 0 radical (unpaired) electrons. The summed E-state index contributed by atoms with van der Waals surface area (Å²) in [6.07, 6.45) is 3.17. The Balaban J connectivity index is 1.50. The first kappa shape index (κ1) is 20.0. The third-order valence-electron chi connectivity index (χ3n) is 5.27. The summed E-state index contributed by atoms with van der Waals surface area (Å²) in [4.78, 5) is 15.2. The fourth-order valence-corrected chi connectivity index (χ4v) is 3.81. The molecule has 6 heteroatoms. The molecule has 27 heavy (non-hydrogen) atoms. The van der Waals surface area contributed by atoms with Gasteiger partial charge in [0.05, 0.1) is 19.8 Å². The second-order valence-corrected chi connectivity index (χ2v) is 7.31. The van der Waals surface area contributed by atoms with Crippen molar-refractivity contribution < 1.29 is 19.0 Å². The Hall–Kier alpha value is -1.79. The molecule has 1 aromatic rings. The molecule has 1 N–H and O–H groups in total. The van der Waals surface area contributed by atoms with Crippen molar-refractivity contribution in [3.63, 3.8) is 0 Å². The zero-order chi connectivity index (χ0) is 19.1. The standard InChI is InChI=1S/C21H32N2O4/c1-3-26-19-6-5-17(13-20(19)27-4-2)21(24)22-18-7-10-23(11-8-18)14-16-9-12-25-15-16/h5-6,13,16,18H,3-4,7-12,14-15H2,1-2H3,(H,22,24). The van der Waals surface area contributed by atoms with Crippen molar-refractivity contribution in [2.24, 2.45) is 5.92 Å². The van der Waals surface area contributed by atoms with Crippen LogP contribution in [0.25, 0.3) is 0 Å². The molecule has 2 fully saturated rings. The lowest BCUT2D eigenvalue weighted by atomic mass is 10.0. The summed E-state index contributed by atoms with van der Waals surface area (Å²) >= 11 is 0. The van der Waals surface area contributed by atoms with Crippen LogP contribution in [0.2, 0.25) is 0 Å². The SMILES string of the molecule is CCOc1ccc(C(=O)NC2CCN(CC3CCOC3)CC2)cc1OCC. The molecule has 2 aliphatic heterocycles. The average molecular weight is 376 g/mol. The summed E-state index contributed by atoms with van der Waals surface area (Å²) in [5.41, 5.74) is 0.618. The van der Waals surface area contributed by atoms with Crippen LogP contribution in [0.4, 0.5) is 0 Å². The van der Waals surface area contributed by atoms with E-state index in [1.54, 1.807) is 12.1 Å². The van der Waals surface area contributed by atoms with Crippen molar-refractivity contribution >= 4 is 5.91 Å². The van der Waals surface area contributed by atoms with E-state index in [4.69, 9.17) is 14.2 Å². The van der Waals surface area contributed by atoms with E-state index in [0.29, 0.717) is 36.2 Å². The van der Waals surface area contributed by atoms with Gasteiger partial charge in [-0.1, -0.05) is 0 Å². The van der Waals surface area contributed by atoms with E-state index in [0.717, 1.165) is 45.7 Å². The fraction of sp³-hybridized carbons (Fsp3) is 0.667. The molecule has 6 nitrogen and oxygen atoms in total. The van der Waals surface area contributed by atoms with Gasteiger partial charge in [-0.05, 0) is 57.2 Å². The number of benzene rings is 1. The number of ether oxygens (including phenoxy) is 3. The van der Waals surface area contributed by atoms with Gasteiger partial charge in [-0.3, -0.25) is 4.79 Å². The molecule has 2 aliphatic rings. The minimum Gasteiger partial charge on any atom is -0.490 e. The molecule has 0 saturated carbocycles. The number of nitrogens with zero attached hydrogens (tertiary/aromatic N) is 1. The van der Waals surface area contributed by atoms with E-state index in [1.807, 2.05) is 19.9 Å². The molecule has 1 amide bonds. The first-order valence-corrected chi connectivity index (χ1v) is 10.2. The Bertz CT molecular complexity index is 608. The molecule has 1 aromatic carbocycles. The first-order chi connectivity index (χ1) is 13.2. The molecule has 0 spiro atoms. The minimum atomic E-state index is -0.0401. The fourth-order valence-electron chi connectivity index (χ4n) is 3.81. The molecule has 150 valence electrons. The van der Waals surface area contributed by atoms with E-state index in [1.165, 1.54) is 6.42 Å². The van der Waals surface area contributed by atoms with Gasteiger partial charge in [-0.25, -0.2) is 0 Å². The van der Waals surface area contributed by atoms with Crippen molar-refractivity contribution in [3.05, 3.63) is 23.8 Å². The summed E-state index contributed by atoms with van der Waals surface area (Å²) < 4.78 is 16.7. The largest absolute Gasteiger partial charge is 0.490 e. The smallest absolute Gasteiger partial charge is 0.251 e. The van der Waals surface area contributed by atoms with Crippen LogP contribution in [0.3, 0.4) is 0 Å². The number of hydrogen-bond donors (Lipinski definition) is 1. The van der Waals surface area contributed by atoms with Crippen LogP contribution < -0.4 is 14.8 Å². The average Bonchev–Trinajstić information content (AvgIpc) is 3.18. The lowest BCUT2D eigenvalue weighted by molar-refractivity contribution is 0.0902. The van der Waals surface area contributed by atoms with Gasteiger partial charge in [0.2, 0.25) is 0 Å². The third-order valence-corrected chi connectivity index (χ3v) is 5.27.